The number of hydrogen-bond acceptors (Lipinski definition) is 5. The number of hydrogen-bond donors (Lipinski definition) is 1. The molecule has 110 valence electrons. The lowest BCUT2D eigenvalue weighted by molar-refractivity contribution is -0.122. The van der Waals surface area contributed by atoms with Crippen molar-refractivity contribution in [1.82, 2.24) is 4.98 Å². The first-order chi connectivity index (χ1) is 9.95. The Morgan fingerprint density at radius 3 is 2.81 bits per heavy atom. The number of anilines is 1. The third kappa shape index (κ3) is 4.27. The number of aromatic nitrogens is 1. The van der Waals surface area contributed by atoms with E-state index in [2.05, 4.69) is 10.3 Å². The van der Waals surface area contributed by atoms with Crippen LogP contribution < -0.4 is 10.1 Å². The summed E-state index contributed by atoms with van der Waals surface area (Å²) in [7, 11) is 0. The second kappa shape index (κ2) is 6.69. The van der Waals surface area contributed by atoms with Crippen molar-refractivity contribution in [3.8, 4) is 5.75 Å². The number of nitrogens with one attached hydrogen (secondary N) is 1. The SMILES string of the molecule is CC(=O)c1csc(NC(=O)[C@@H](C)Oc2cccc(Cl)c2)n1. The zero-order chi connectivity index (χ0) is 15.4. The predicted octanol–water partition coefficient (Wildman–Crippen LogP) is 3.41. The summed E-state index contributed by atoms with van der Waals surface area (Å²) in [6.07, 6.45) is -0.715. The maximum absolute atomic E-state index is 12.0. The normalized spacial score (nSPS) is 11.8. The number of amides is 1. The van der Waals surface area contributed by atoms with Crippen molar-refractivity contribution in [3.05, 3.63) is 40.4 Å². The lowest BCUT2D eigenvalue weighted by Crippen LogP contribution is -2.30. The minimum atomic E-state index is -0.715. The van der Waals surface area contributed by atoms with Gasteiger partial charge < -0.3 is 4.74 Å². The van der Waals surface area contributed by atoms with Crippen LogP contribution in [0.1, 0.15) is 24.3 Å². The number of ether oxygens (including phenoxy) is 1. The Morgan fingerprint density at radius 1 is 1.43 bits per heavy atom. The Balaban J connectivity index is 1.97. The Kier molecular flexibility index (Phi) is 4.93. The van der Waals surface area contributed by atoms with Crippen molar-refractivity contribution in [3.63, 3.8) is 0 Å². The number of Topliss-reactive ketones (excluding diaryl/α,β-unsaturated/α-hetero) is 1. The van der Waals surface area contributed by atoms with Crippen LogP contribution in [0.3, 0.4) is 0 Å². The van der Waals surface area contributed by atoms with Gasteiger partial charge in [-0.1, -0.05) is 17.7 Å². The number of halogens is 1. The third-order valence-electron chi connectivity index (χ3n) is 2.57. The molecule has 21 heavy (non-hydrogen) atoms. The number of carbonyl (C=O) groups is 2. The molecule has 0 unspecified atom stereocenters. The minimum absolute atomic E-state index is 0.144. The quantitative estimate of drug-likeness (QED) is 0.856. The van der Waals surface area contributed by atoms with E-state index in [0.717, 1.165) is 0 Å². The molecule has 1 aromatic carbocycles. The first-order valence-electron chi connectivity index (χ1n) is 6.15. The molecule has 0 radical (unpaired) electrons. The van der Waals surface area contributed by atoms with Crippen molar-refractivity contribution >= 4 is 39.8 Å². The van der Waals surface area contributed by atoms with E-state index in [9.17, 15) is 9.59 Å². The van der Waals surface area contributed by atoms with Gasteiger partial charge in [-0.2, -0.15) is 0 Å². The van der Waals surface area contributed by atoms with Crippen molar-refractivity contribution < 1.29 is 14.3 Å². The van der Waals surface area contributed by atoms with Gasteiger partial charge in [0.05, 0.1) is 0 Å². The van der Waals surface area contributed by atoms with E-state index < -0.39 is 6.10 Å². The summed E-state index contributed by atoms with van der Waals surface area (Å²) in [5, 5.41) is 5.11. The summed E-state index contributed by atoms with van der Waals surface area (Å²) in [6.45, 7) is 3.04. The molecule has 7 heteroatoms. The summed E-state index contributed by atoms with van der Waals surface area (Å²) < 4.78 is 5.50. The fourth-order valence-corrected chi connectivity index (χ4v) is 2.43. The minimum Gasteiger partial charge on any atom is -0.481 e. The van der Waals surface area contributed by atoms with Gasteiger partial charge in [0.2, 0.25) is 0 Å². The molecule has 1 atom stereocenters. The molecule has 5 nitrogen and oxygen atoms in total. The molecule has 0 spiro atoms. The molecule has 0 fully saturated rings. The Labute approximate surface area is 130 Å². The summed E-state index contributed by atoms with van der Waals surface area (Å²) in [4.78, 5) is 27.2. The average molecular weight is 325 g/mol. The molecule has 0 saturated carbocycles. The number of rotatable bonds is 5. The second-order valence-electron chi connectivity index (χ2n) is 4.30. The van der Waals surface area contributed by atoms with E-state index in [0.29, 0.717) is 21.6 Å². The van der Waals surface area contributed by atoms with Crippen LogP contribution in [0.4, 0.5) is 5.13 Å². The molecule has 0 bridgehead atoms. The summed E-state index contributed by atoms with van der Waals surface area (Å²) in [6, 6.07) is 6.80. The molecular weight excluding hydrogens is 312 g/mol. The lowest BCUT2D eigenvalue weighted by Gasteiger charge is -2.13. The zero-order valence-corrected chi connectivity index (χ0v) is 13.0. The van der Waals surface area contributed by atoms with Gasteiger partial charge in [-0.15, -0.1) is 11.3 Å². The van der Waals surface area contributed by atoms with E-state index in [1.807, 2.05) is 0 Å². The first-order valence-corrected chi connectivity index (χ1v) is 7.41. The van der Waals surface area contributed by atoms with E-state index in [4.69, 9.17) is 16.3 Å². The van der Waals surface area contributed by atoms with E-state index >= 15 is 0 Å². The second-order valence-corrected chi connectivity index (χ2v) is 5.60. The maximum Gasteiger partial charge on any atom is 0.266 e. The molecule has 0 aliphatic heterocycles. The number of nitrogens with zero attached hydrogens (tertiary/aromatic N) is 1. The molecule has 0 saturated heterocycles. The highest BCUT2D eigenvalue weighted by molar-refractivity contribution is 7.14. The van der Waals surface area contributed by atoms with E-state index in [-0.39, 0.29) is 11.7 Å². The zero-order valence-electron chi connectivity index (χ0n) is 11.4. The number of benzene rings is 1. The number of ketones is 1. The van der Waals surface area contributed by atoms with E-state index in [1.165, 1.54) is 18.3 Å². The number of carbonyl (C=O) groups excluding carboxylic acids is 2. The third-order valence-corrected chi connectivity index (χ3v) is 3.57. The average Bonchev–Trinajstić information content (AvgIpc) is 2.87. The molecular formula is C14H13ClN2O3S. The van der Waals surface area contributed by atoms with Crippen LogP contribution in [0.25, 0.3) is 0 Å². The van der Waals surface area contributed by atoms with Crippen LogP contribution in [0.15, 0.2) is 29.6 Å². The summed E-state index contributed by atoms with van der Waals surface area (Å²) in [5.74, 6) is 0.0168. The smallest absolute Gasteiger partial charge is 0.266 e. The van der Waals surface area contributed by atoms with Crippen LogP contribution in [0.5, 0.6) is 5.75 Å². The largest absolute Gasteiger partial charge is 0.481 e. The molecule has 0 aliphatic rings. The topological polar surface area (TPSA) is 68.3 Å². The van der Waals surface area contributed by atoms with Crippen LogP contribution in [0, 0.1) is 0 Å². The van der Waals surface area contributed by atoms with E-state index in [1.54, 1.807) is 36.6 Å². The highest BCUT2D eigenvalue weighted by Crippen LogP contribution is 2.20. The van der Waals surface area contributed by atoms with Crippen LogP contribution in [0.2, 0.25) is 5.02 Å². The highest BCUT2D eigenvalue weighted by Gasteiger charge is 2.17. The van der Waals surface area contributed by atoms with Crippen molar-refractivity contribution in [1.29, 1.82) is 0 Å². The first kappa shape index (κ1) is 15.5. The number of thiazole rings is 1. The van der Waals surface area contributed by atoms with Gasteiger partial charge in [0, 0.05) is 17.3 Å². The van der Waals surface area contributed by atoms with Crippen LogP contribution in [-0.4, -0.2) is 22.8 Å². The van der Waals surface area contributed by atoms with Gasteiger partial charge in [-0.3, -0.25) is 14.9 Å². The summed E-state index contributed by atoms with van der Waals surface area (Å²) >= 11 is 7.04. The Bertz CT molecular complexity index is 672. The van der Waals surface area contributed by atoms with Crippen molar-refractivity contribution in [2.75, 3.05) is 5.32 Å². The summed E-state index contributed by atoms with van der Waals surface area (Å²) in [5.41, 5.74) is 0.332. The fourth-order valence-electron chi connectivity index (χ4n) is 1.50. The van der Waals surface area contributed by atoms with Gasteiger partial charge in [0.25, 0.3) is 5.91 Å². The maximum atomic E-state index is 12.0. The van der Waals surface area contributed by atoms with Gasteiger partial charge in [-0.05, 0) is 25.1 Å². The monoisotopic (exact) mass is 324 g/mol. The molecule has 2 aromatic rings. The standard InChI is InChI=1S/C14H13ClN2O3S/c1-8(18)12-7-21-14(16-12)17-13(19)9(2)20-11-5-3-4-10(15)6-11/h3-7,9H,1-2H3,(H,16,17,19)/t9-/m1/s1. The Morgan fingerprint density at radius 2 is 2.19 bits per heavy atom. The van der Waals surface area contributed by atoms with Crippen LogP contribution >= 0.6 is 22.9 Å². The highest BCUT2D eigenvalue weighted by atomic mass is 35.5. The molecule has 1 heterocycles. The lowest BCUT2D eigenvalue weighted by atomic mass is 10.3. The van der Waals surface area contributed by atoms with Crippen molar-refractivity contribution in [2.45, 2.75) is 20.0 Å². The molecule has 1 aromatic heterocycles. The van der Waals surface area contributed by atoms with Crippen LogP contribution in [-0.2, 0) is 4.79 Å². The van der Waals surface area contributed by atoms with Gasteiger partial charge >= 0.3 is 0 Å². The van der Waals surface area contributed by atoms with Gasteiger partial charge in [-0.25, -0.2) is 4.98 Å². The molecule has 1 N–H and O–H groups in total. The Hall–Kier alpha value is -1.92. The molecule has 0 aliphatic carbocycles. The van der Waals surface area contributed by atoms with Gasteiger partial charge in [0.15, 0.2) is 17.0 Å². The van der Waals surface area contributed by atoms with Gasteiger partial charge in [0.1, 0.15) is 11.4 Å². The molecule has 1 amide bonds. The van der Waals surface area contributed by atoms with Crippen molar-refractivity contribution in [2.24, 2.45) is 0 Å². The molecule has 2 rings (SSSR count). The predicted molar refractivity (Wildman–Crippen MR) is 82.3 cm³/mol. The fraction of sp³-hybridized carbons (Fsp3) is 0.214.